The van der Waals surface area contributed by atoms with Gasteiger partial charge >= 0.3 is 6.18 Å². The van der Waals surface area contributed by atoms with E-state index in [1.807, 2.05) is 4.90 Å². The summed E-state index contributed by atoms with van der Waals surface area (Å²) in [7, 11) is 0. The van der Waals surface area contributed by atoms with Crippen LogP contribution in [0.5, 0.6) is 0 Å². The highest BCUT2D eigenvalue weighted by atomic mass is 19.4. The minimum Gasteiger partial charge on any atom is -0.384 e. The lowest BCUT2D eigenvalue weighted by Crippen LogP contribution is -2.39. The zero-order valence-electron chi connectivity index (χ0n) is 10.0. The predicted molar refractivity (Wildman–Crippen MR) is 62.2 cm³/mol. The van der Waals surface area contributed by atoms with Crippen molar-refractivity contribution in [1.82, 2.24) is 9.97 Å². The number of aromatic nitrogens is 2. The number of hydrogen-bond donors (Lipinski definition) is 1. The Morgan fingerprint density at radius 3 is 2.39 bits per heavy atom. The number of nitrogens with two attached hydrogens (primary N) is 1. The molecule has 0 bridgehead atoms. The summed E-state index contributed by atoms with van der Waals surface area (Å²) in [5.41, 5.74) is 5.60. The monoisotopic (exact) mass is 260 g/mol. The van der Waals surface area contributed by atoms with Crippen molar-refractivity contribution in [1.29, 1.82) is 0 Å². The van der Waals surface area contributed by atoms with Crippen molar-refractivity contribution in [3.05, 3.63) is 11.9 Å². The van der Waals surface area contributed by atoms with E-state index in [0.29, 0.717) is 30.5 Å². The zero-order valence-corrected chi connectivity index (χ0v) is 10.0. The fourth-order valence-corrected chi connectivity index (χ4v) is 2.17. The lowest BCUT2D eigenvalue weighted by atomic mass is 9.96. The van der Waals surface area contributed by atoms with Gasteiger partial charge in [-0.2, -0.15) is 13.2 Å². The van der Waals surface area contributed by atoms with E-state index in [-0.39, 0.29) is 12.8 Å². The zero-order chi connectivity index (χ0) is 13.3. The number of rotatable bonds is 1. The first kappa shape index (κ1) is 12.9. The fourth-order valence-electron chi connectivity index (χ4n) is 2.17. The van der Waals surface area contributed by atoms with Crippen LogP contribution in [0, 0.1) is 12.8 Å². The molecule has 0 radical (unpaired) electrons. The molecule has 0 amide bonds. The largest absolute Gasteiger partial charge is 0.391 e. The third kappa shape index (κ3) is 2.83. The smallest absolute Gasteiger partial charge is 0.384 e. The first-order valence-corrected chi connectivity index (χ1v) is 5.79. The molecule has 2 rings (SSSR count). The van der Waals surface area contributed by atoms with Gasteiger partial charge in [-0.1, -0.05) is 0 Å². The van der Waals surface area contributed by atoms with Gasteiger partial charge in [0.1, 0.15) is 17.5 Å². The molecule has 0 aliphatic carbocycles. The van der Waals surface area contributed by atoms with Gasteiger partial charge in [-0.15, -0.1) is 0 Å². The fraction of sp³-hybridized carbons (Fsp3) is 0.636. The lowest BCUT2D eigenvalue weighted by Gasteiger charge is -2.33. The summed E-state index contributed by atoms with van der Waals surface area (Å²) in [6.45, 7) is 2.41. The Balaban J connectivity index is 2.05. The molecule has 0 saturated carbocycles. The second kappa shape index (κ2) is 4.62. The van der Waals surface area contributed by atoms with Gasteiger partial charge in [-0.25, -0.2) is 9.97 Å². The van der Waals surface area contributed by atoms with E-state index < -0.39 is 12.1 Å². The summed E-state index contributed by atoms with van der Waals surface area (Å²) in [5, 5.41) is 0. The van der Waals surface area contributed by atoms with Crippen LogP contribution >= 0.6 is 0 Å². The number of nitrogens with zero attached hydrogens (tertiary/aromatic N) is 3. The topological polar surface area (TPSA) is 55.0 Å². The molecule has 0 aromatic carbocycles. The average molecular weight is 260 g/mol. The second-order valence-electron chi connectivity index (χ2n) is 4.50. The van der Waals surface area contributed by atoms with Crippen molar-refractivity contribution >= 4 is 11.6 Å². The van der Waals surface area contributed by atoms with Gasteiger partial charge in [0.25, 0.3) is 0 Å². The first-order chi connectivity index (χ1) is 8.36. The molecule has 2 N–H and O–H groups in total. The average Bonchev–Trinajstić information content (AvgIpc) is 2.27. The van der Waals surface area contributed by atoms with Crippen LogP contribution in [-0.4, -0.2) is 29.2 Å². The van der Waals surface area contributed by atoms with Crippen LogP contribution in [0.3, 0.4) is 0 Å². The van der Waals surface area contributed by atoms with Crippen LogP contribution in [-0.2, 0) is 0 Å². The van der Waals surface area contributed by atoms with Crippen LogP contribution in [0.25, 0.3) is 0 Å². The lowest BCUT2D eigenvalue weighted by molar-refractivity contribution is -0.179. The number of aryl methyl sites for hydroxylation is 1. The molecule has 1 saturated heterocycles. The number of hydrogen-bond acceptors (Lipinski definition) is 4. The summed E-state index contributed by atoms with van der Waals surface area (Å²) in [5.74, 6) is 0.285. The van der Waals surface area contributed by atoms with Gasteiger partial charge in [0.05, 0.1) is 5.92 Å². The van der Waals surface area contributed by atoms with E-state index in [4.69, 9.17) is 5.73 Å². The molecule has 2 heterocycles. The SMILES string of the molecule is Cc1nc(N)cc(N2CCC(C(F)(F)F)CC2)n1. The van der Waals surface area contributed by atoms with Crippen molar-refractivity contribution in [2.75, 3.05) is 23.7 Å². The van der Waals surface area contributed by atoms with Gasteiger partial charge in [-0.3, -0.25) is 0 Å². The first-order valence-electron chi connectivity index (χ1n) is 5.79. The maximum absolute atomic E-state index is 12.5. The molecule has 1 aromatic heterocycles. The molecule has 100 valence electrons. The molecule has 0 unspecified atom stereocenters. The summed E-state index contributed by atoms with van der Waals surface area (Å²) >= 11 is 0. The summed E-state index contributed by atoms with van der Waals surface area (Å²) in [4.78, 5) is 9.97. The maximum Gasteiger partial charge on any atom is 0.391 e. The van der Waals surface area contributed by atoms with Crippen LogP contribution < -0.4 is 10.6 Å². The van der Waals surface area contributed by atoms with E-state index in [9.17, 15) is 13.2 Å². The van der Waals surface area contributed by atoms with Gasteiger partial charge in [0, 0.05) is 19.2 Å². The normalized spacial score (nSPS) is 18.1. The molecule has 4 nitrogen and oxygen atoms in total. The molecule has 0 atom stereocenters. The van der Waals surface area contributed by atoms with E-state index >= 15 is 0 Å². The van der Waals surface area contributed by atoms with Crippen molar-refractivity contribution < 1.29 is 13.2 Å². The Morgan fingerprint density at radius 1 is 1.28 bits per heavy atom. The third-order valence-electron chi connectivity index (χ3n) is 3.13. The molecule has 1 fully saturated rings. The molecular formula is C11H15F3N4. The predicted octanol–water partition coefficient (Wildman–Crippen LogP) is 2.15. The second-order valence-corrected chi connectivity index (χ2v) is 4.50. The van der Waals surface area contributed by atoms with E-state index in [1.165, 1.54) is 0 Å². The van der Waals surface area contributed by atoms with Crippen molar-refractivity contribution in [3.63, 3.8) is 0 Å². The molecule has 1 aliphatic heterocycles. The minimum absolute atomic E-state index is 0.104. The molecule has 1 aromatic rings. The van der Waals surface area contributed by atoms with Gasteiger partial charge in [0.15, 0.2) is 0 Å². The maximum atomic E-state index is 12.5. The molecule has 18 heavy (non-hydrogen) atoms. The number of anilines is 2. The van der Waals surface area contributed by atoms with Crippen LogP contribution in [0.15, 0.2) is 6.07 Å². The number of alkyl halides is 3. The van der Waals surface area contributed by atoms with E-state index in [1.54, 1.807) is 13.0 Å². The quantitative estimate of drug-likeness (QED) is 0.840. The van der Waals surface area contributed by atoms with Gasteiger partial charge in [0.2, 0.25) is 0 Å². The van der Waals surface area contributed by atoms with Crippen LogP contribution in [0.4, 0.5) is 24.8 Å². The minimum atomic E-state index is -4.09. The molecule has 1 aliphatic rings. The third-order valence-corrected chi connectivity index (χ3v) is 3.13. The van der Waals surface area contributed by atoms with Crippen molar-refractivity contribution in [2.45, 2.75) is 25.9 Å². The van der Waals surface area contributed by atoms with Crippen molar-refractivity contribution in [3.8, 4) is 0 Å². The Bertz CT molecular complexity index is 405. The highest BCUT2D eigenvalue weighted by Gasteiger charge is 2.41. The van der Waals surface area contributed by atoms with Crippen LogP contribution in [0.2, 0.25) is 0 Å². The Labute approximate surface area is 103 Å². The Kier molecular flexibility index (Phi) is 3.32. The van der Waals surface area contributed by atoms with Crippen LogP contribution in [0.1, 0.15) is 18.7 Å². The number of piperidine rings is 1. The molecule has 7 heteroatoms. The van der Waals surface area contributed by atoms with Gasteiger partial charge in [-0.05, 0) is 19.8 Å². The van der Waals surface area contributed by atoms with E-state index in [0.717, 1.165) is 0 Å². The van der Waals surface area contributed by atoms with E-state index in [2.05, 4.69) is 9.97 Å². The van der Waals surface area contributed by atoms with Gasteiger partial charge < -0.3 is 10.6 Å². The summed E-state index contributed by atoms with van der Waals surface area (Å²) < 4.78 is 37.6. The highest BCUT2D eigenvalue weighted by Crippen LogP contribution is 2.35. The summed E-state index contributed by atoms with van der Waals surface area (Å²) in [6, 6.07) is 1.60. The number of halogens is 3. The summed E-state index contributed by atoms with van der Waals surface area (Å²) in [6.07, 6.45) is -3.88. The Morgan fingerprint density at radius 2 is 1.89 bits per heavy atom. The molecule has 0 spiro atoms. The van der Waals surface area contributed by atoms with Crippen molar-refractivity contribution in [2.24, 2.45) is 5.92 Å². The number of nitrogen functional groups attached to an aromatic ring is 1. The standard InChI is InChI=1S/C11H15F3N4/c1-7-16-9(15)6-10(17-7)18-4-2-8(3-5-18)11(12,13)14/h6,8H,2-5H2,1H3,(H2,15,16,17). The molecular weight excluding hydrogens is 245 g/mol. The Hall–Kier alpha value is -1.53. The highest BCUT2D eigenvalue weighted by molar-refractivity contribution is 5.47.